The zero-order valence-corrected chi connectivity index (χ0v) is 15.2. The summed E-state index contributed by atoms with van der Waals surface area (Å²) in [6.07, 6.45) is 7.12. The first-order chi connectivity index (χ1) is 12.6. The van der Waals surface area contributed by atoms with E-state index in [0.717, 1.165) is 29.1 Å². The number of aromatic nitrogens is 5. The van der Waals surface area contributed by atoms with Gasteiger partial charge in [-0.25, -0.2) is 9.97 Å². The molecule has 8 nitrogen and oxygen atoms in total. The van der Waals surface area contributed by atoms with E-state index in [1.54, 1.807) is 24.2 Å². The third kappa shape index (κ3) is 3.23. The number of methoxy groups -OCH3 is 1. The predicted octanol–water partition coefficient (Wildman–Crippen LogP) is 3.16. The minimum Gasteiger partial charge on any atom is -0.493 e. The number of anilines is 2. The van der Waals surface area contributed by atoms with Gasteiger partial charge in [-0.05, 0) is 37.4 Å². The normalized spacial score (nSPS) is 14.7. The smallest absolute Gasteiger partial charge is 0.228 e. The van der Waals surface area contributed by atoms with Gasteiger partial charge in [0.15, 0.2) is 5.75 Å². The molecule has 0 radical (unpaired) electrons. The summed E-state index contributed by atoms with van der Waals surface area (Å²) in [7, 11) is 1.58. The van der Waals surface area contributed by atoms with Gasteiger partial charge in [0.05, 0.1) is 43.2 Å². The summed E-state index contributed by atoms with van der Waals surface area (Å²) in [6, 6.07) is 4.32. The van der Waals surface area contributed by atoms with E-state index in [4.69, 9.17) is 4.74 Å². The Morgan fingerprint density at radius 3 is 2.92 bits per heavy atom. The lowest BCUT2D eigenvalue weighted by atomic mass is 10.1. The molecule has 1 N–H and O–H groups in total. The van der Waals surface area contributed by atoms with Crippen molar-refractivity contribution in [2.24, 2.45) is 5.41 Å². The maximum atomic E-state index is 9.26. The molecule has 0 saturated heterocycles. The zero-order chi connectivity index (χ0) is 18.1. The van der Waals surface area contributed by atoms with Crippen LogP contribution in [0.2, 0.25) is 0 Å². The minimum atomic E-state index is -0.254. The van der Waals surface area contributed by atoms with E-state index in [2.05, 4.69) is 30.8 Å². The second-order valence-corrected chi connectivity index (χ2v) is 7.19. The minimum absolute atomic E-state index is 0.254. The maximum Gasteiger partial charge on any atom is 0.228 e. The number of nitrogens with zero attached hydrogens (tertiary/aromatic N) is 6. The van der Waals surface area contributed by atoms with E-state index in [-0.39, 0.29) is 5.41 Å². The molecule has 0 bridgehead atoms. The van der Waals surface area contributed by atoms with Crippen molar-refractivity contribution in [3.05, 3.63) is 30.4 Å². The van der Waals surface area contributed by atoms with Crippen LogP contribution in [-0.2, 0) is 6.54 Å². The molecule has 0 aromatic carbocycles. The molecule has 1 aliphatic rings. The van der Waals surface area contributed by atoms with Crippen molar-refractivity contribution < 1.29 is 4.74 Å². The fourth-order valence-corrected chi connectivity index (χ4v) is 3.31. The molecule has 0 unspecified atom stereocenters. The number of hydrogen-bond donors (Lipinski definition) is 1. The Morgan fingerprint density at radius 2 is 2.27 bits per heavy atom. The highest BCUT2D eigenvalue weighted by Crippen LogP contribution is 2.46. The predicted molar refractivity (Wildman–Crippen MR) is 97.2 cm³/mol. The van der Waals surface area contributed by atoms with Crippen molar-refractivity contribution in [3.63, 3.8) is 0 Å². The second-order valence-electron chi connectivity index (χ2n) is 6.39. The summed E-state index contributed by atoms with van der Waals surface area (Å²) in [4.78, 5) is 8.87. The molecule has 1 fully saturated rings. The van der Waals surface area contributed by atoms with Crippen molar-refractivity contribution in [1.29, 1.82) is 5.26 Å². The molecule has 9 heteroatoms. The summed E-state index contributed by atoms with van der Waals surface area (Å²) in [5.74, 6) is 1.03. The van der Waals surface area contributed by atoms with Crippen LogP contribution in [0.5, 0.6) is 5.75 Å². The topological polar surface area (TPSA) is 102 Å². The summed E-state index contributed by atoms with van der Waals surface area (Å²) in [5, 5.41) is 17.7. The number of ether oxygens (including phenoxy) is 1. The number of nitriles is 1. The van der Waals surface area contributed by atoms with Crippen LogP contribution in [0.15, 0.2) is 24.7 Å². The summed E-state index contributed by atoms with van der Waals surface area (Å²) in [6.45, 7) is 2.53. The van der Waals surface area contributed by atoms with Crippen LogP contribution in [0.1, 0.15) is 18.5 Å². The maximum absolute atomic E-state index is 9.26. The van der Waals surface area contributed by atoms with Crippen molar-refractivity contribution in [2.45, 2.75) is 26.3 Å². The first-order valence-electron chi connectivity index (χ1n) is 8.16. The van der Waals surface area contributed by atoms with Crippen LogP contribution in [0, 0.1) is 23.7 Å². The number of nitrogens with one attached hydrogen (secondary N) is 1. The number of hydrogen-bond acceptors (Lipinski definition) is 8. The van der Waals surface area contributed by atoms with Crippen LogP contribution in [0.25, 0.3) is 11.3 Å². The van der Waals surface area contributed by atoms with Crippen LogP contribution >= 0.6 is 11.5 Å². The fourth-order valence-electron chi connectivity index (χ4n) is 2.66. The molecule has 4 rings (SSSR count). The monoisotopic (exact) mass is 367 g/mol. The lowest BCUT2D eigenvalue weighted by molar-refractivity contribution is 0.413. The van der Waals surface area contributed by atoms with E-state index in [1.165, 1.54) is 11.5 Å². The quantitative estimate of drug-likeness (QED) is 0.714. The van der Waals surface area contributed by atoms with Gasteiger partial charge >= 0.3 is 0 Å². The Bertz CT molecular complexity index is 983. The molecule has 3 aromatic rings. The first-order valence-corrected chi connectivity index (χ1v) is 8.94. The van der Waals surface area contributed by atoms with Crippen LogP contribution in [-0.4, -0.2) is 31.2 Å². The molecule has 3 heterocycles. The number of rotatable bonds is 6. The first kappa shape index (κ1) is 16.5. The molecule has 1 aliphatic carbocycles. The molecule has 132 valence electrons. The van der Waals surface area contributed by atoms with E-state index in [1.807, 2.05) is 19.2 Å². The molecule has 0 spiro atoms. The number of aryl methyl sites for hydroxylation is 1. The zero-order valence-electron chi connectivity index (χ0n) is 14.4. The van der Waals surface area contributed by atoms with E-state index in [9.17, 15) is 5.26 Å². The third-order valence-corrected chi connectivity index (χ3v) is 5.10. The Morgan fingerprint density at radius 1 is 1.42 bits per heavy atom. The van der Waals surface area contributed by atoms with E-state index >= 15 is 0 Å². The Balaban J connectivity index is 1.61. The highest BCUT2D eigenvalue weighted by atomic mass is 32.1. The second kappa shape index (κ2) is 6.38. The van der Waals surface area contributed by atoms with Gasteiger partial charge in [0.2, 0.25) is 5.95 Å². The standard InChI is InChI=1S/C17H17N7OS/c1-11-5-14(26-23-11)21-16-19-7-13(25-2)15(22-16)12-6-20-24(8-12)10-17(9-18)3-4-17/h5-8H,3-4,10H2,1-2H3,(H,19,21,22). The average Bonchev–Trinajstić information content (AvgIpc) is 3.05. The van der Waals surface area contributed by atoms with Gasteiger partial charge in [0, 0.05) is 11.8 Å². The van der Waals surface area contributed by atoms with E-state index < -0.39 is 0 Å². The molecular weight excluding hydrogens is 350 g/mol. The molecule has 0 amide bonds. The Kier molecular flexibility index (Phi) is 4.05. The van der Waals surface area contributed by atoms with Gasteiger partial charge in [-0.15, -0.1) is 0 Å². The van der Waals surface area contributed by atoms with Crippen LogP contribution in [0.3, 0.4) is 0 Å². The Labute approximate surface area is 154 Å². The highest BCUT2D eigenvalue weighted by Gasteiger charge is 2.43. The van der Waals surface area contributed by atoms with Crippen molar-refractivity contribution in [3.8, 4) is 23.1 Å². The SMILES string of the molecule is COc1cnc(Nc2cc(C)ns2)nc1-c1cnn(CC2(C#N)CC2)c1. The lowest BCUT2D eigenvalue weighted by Gasteiger charge is -2.08. The summed E-state index contributed by atoms with van der Waals surface area (Å²) in [5.41, 5.74) is 2.16. The molecule has 0 atom stereocenters. The highest BCUT2D eigenvalue weighted by molar-refractivity contribution is 7.10. The molecule has 1 saturated carbocycles. The van der Waals surface area contributed by atoms with Gasteiger partial charge in [0.25, 0.3) is 0 Å². The van der Waals surface area contributed by atoms with Crippen molar-refractivity contribution in [1.82, 2.24) is 24.1 Å². The van der Waals surface area contributed by atoms with Crippen LogP contribution in [0.4, 0.5) is 10.9 Å². The van der Waals surface area contributed by atoms with Gasteiger partial charge in [-0.3, -0.25) is 4.68 Å². The molecule has 3 aromatic heterocycles. The van der Waals surface area contributed by atoms with Gasteiger partial charge in [-0.2, -0.15) is 14.7 Å². The summed E-state index contributed by atoms with van der Waals surface area (Å²) < 4.78 is 11.4. The van der Waals surface area contributed by atoms with E-state index in [0.29, 0.717) is 23.9 Å². The van der Waals surface area contributed by atoms with Crippen molar-refractivity contribution in [2.75, 3.05) is 12.4 Å². The Hall–Kier alpha value is -2.99. The molecule has 0 aliphatic heterocycles. The lowest BCUT2D eigenvalue weighted by Crippen LogP contribution is -2.09. The third-order valence-electron chi connectivity index (χ3n) is 4.30. The largest absolute Gasteiger partial charge is 0.493 e. The van der Waals surface area contributed by atoms with Crippen molar-refractivity contribution >= 4 is 22.5 Å². The molecule has 26 heavy (non-hydrogen) atoms. The summed E-state index contributed by atoms with van der Waals surface area (Å²) >= 11 is 1.36. The van der Waals surface area contributed by atoms with Gasteiger partial charge in [-0.1, -0.05) is 0 Å². The average molecular weight is 367 g/mol. The molecular formula is C17H17N7OS. The van der Waals surface area contributed by atoms with Gasteiger partial charge < -0.3 is 10.1 Å². The van der Waals surface area contributed by atoms with Gasteiger partial charge in [0.1, 0.15) is 10.7 Å². The van der Waals surface area contributed by atoms with Crippen LogP contribution < -0.4 is 10.1 Å². The fraction of sp³-hybridized carbons (Fsp3) is 0.353.